The maximum absolute atomic E-state index is 13.3. The van der Waals surface area contributed by atoms with Crippen LogP contribution in [0, 0.1) is 20.8 Å². The Balaban J connectivity index is 2.04. The maximum atomic E-state index is 13.3. The number of ether oxygens (including phenoxy) is 2. The second kappa shape index (κ2) is 8.94. The van der Waals surface area contributed by atoms with Crippen LogP contribution in [-0.2, 0) is 26.0 Å². The van der Waals surface area contributed by atoms with E-state index in [1.807, 2.05) is 19.9 Å². The lowest BCUT2D eigenvalue weighted by Crippen LogP contribution is -2.39. The van der Waals surface area contributed by atoms with Gasteiger partial charge in [-0.25, -0.2) is 0 Å². The molecular weight excluding hydrogens is 428 g/mol. The normalized spacial score (nSPS) is 18.6. The van der Waals surface area contributed by atoms with Crippen LogP contribution in [-0.4, -0.2) is 32.4 Å². The van der Waals surface area contributed by atoms with Gasteiger partial charge in [-0.2, -0.15) is 8.42 Å². The molecule has 0 spiro atoms. The first-order valence-electron chi connectivity index (χ1n) is 10.6. The Morgan fingerprint density at radius 2 is 1.81 bits per heavy atom. The van der Waals surface area contributed by atoms with Gasteiger partial charge in [-0.15, -0.1) is 4.40 Å². The number of fused-ring (bicyclic) bond motifs is 1. The van der Waals surface area contributed by atoms with Gasteiger partial charge in [0.05, 0.1) is 17.9 Å². The van der Waals surface area contributed by atoms with E-state index in [0.29, 0.717) is 47.5 Å². The minimum Gasteiger partial charge on any atom is -0.486 e. The van der Waals surface area contributed by atoms with Crippen LogP contribution in [0.3, 0.4) is 0 Å². The fourth-order valence-electron chi connectivity index (χ4n) is 4.15. The lowest BCUT2D eigenvalue weighted by atomic mass is 9.86. The molecule has 172 valence electrons. The highest BCUT2D eigenvalue weighted by Gasteiger charge is 2.38. The molecule has 0 amide bonds. The molecule has 1 heterocycles. The van der Waals surface area contributed by atoms with Crippen molar-refractivity contribution in [1.29, 1.82) is 0 Å². The third-order valence-corrected chi connectivity index (χ3v) is 7.50. The van der Waals surface area contributed by atoms with Crippen molar-refractivity contribution in [2.45, 2.75) is 64.4 Å². The standard InChI is InChI=1S/C24H30N2O5S/c1-6-30-20(27)14-24(5)13-12-19-17(4)22(16(3)15(2)21(19)31-24)32(28,29)26-23(25)18-10-8-7-9-11-18/h7-11H,6,12-14H2,1-5H3,(H2,25,26). The van der Waals surface area contributed by atoms with E-state index >= 15 is 0 Å². The number of carbonyl (C=O) groups is 1. The average molecular weight is 459 g/mol. The predicted molar refractivity (Wildman–Crippen MR) is 124 cm³/mol. The molecule has 8 heteroatoms. The van der Waals surface area contributed by atoms with Crippen molar-refractivity contribution < 1.29 is 22.7 Å². The van der Waals surface area contributed by atoms with Crippen molar-refractivity contribution >= 4 is 21.8 Å². The van der Waals surface area contributed by atoms with E-state index in [0.717, 1.165) is 5.56 Å². The van der Waals surface area contributed by atoms with Gasteiger partial charge in [0.1, 0.15) is 17.2 Å². The summed E-state index contributed by atoms with van der Waals surface area (Å²) >= 11 is 0. The molecule has 2 aromatic carbocycles. The van der Waals surface area contributed by atoms with Crippen LogP contribution in [0.25, 0.3) is 0 Å². The predicted octanol–water partition coefficient (Wildman–Crippen LogP) is 3.74. The molecule has 0 fully saturated rings. The van der Waals surface area contributed by atoms with Gasteiger partial charge >= 0.3 is 5.97 Å². The molecule has 1 aliphatic rings. The summed E-state index contributed by atoms with van der Waals surface area (Å²) in [6.07, 6.45) is 1.28. The smallest absolute Gasteiger partial charge is 0.309 e. The number of sulfonamides is 1. The fraction of sp³-hybridized carbons (Fsp3) is 0.417. The molecule has 0 bridgehead atoms. The fourth-order valence-corrected chi connectivity index (χ4v) is 5.65. The van der Waals surface area contributed by atoms with Gasteiger partial charge in [0.2, 0.25) is 0 Å². The van der Waals surface area contributed by atoms with Gasteiger partial charge in [0.15, 0.2) is 0 Å². The third-order valence-electron chi connectivity index (χ3n) is 5.93. The zero-order valence-electron chi connectivity index (χ0n) is 19.2. The molecule has 1 atom stereocenters. The van der Waals surface area contributed by atoms with E-state index in [1.165, 1.54) is 0 Å². The molecule has 3 rings (SSSR count). The van der Waals surface area contributed by atoms with E-state index in [4.69, 9.17) is 15.2 Å². The van der Waals surface area contributed by atoms with E-state index in [-0.39, 0.29) is 23.1 Å². The topological polar surface area (TPSA) is 108 Å². The summed E-state index contributed by atoms with van der Waals surface area (Å²) < 4.78 is 41.8. The zero-order valence-corrected chi connectivity index (χ0v) is 20.0. The number of hydrogen-bond acceptors (Lipinski definition) is 5. The highest BCUT2D eigenvalue weighted by atomic mass is 32.2. The minimum absolute atomic E-state index is 0.0574. The molecule has 0 aliphatic carbocycles. The quantitative estimate of drug-likeness (QED) is 0.401. The van der Waals surface area contributed by atoms with Gasteiger partial charge in [-0.1, -0.05) is 30.3 Å². The van der Waals surface area contributed by atoms with Crippen LogP contribution in [0.15, 0.2) is 39.6 Å². The molecule has 0 aromatic heterocycles. The van der Waals surface area contributed by atoms with Crippen molar-refractivity contribution in [3.63, 3.8) is 0 Å². The summed E-state index contributed by atoms with van der Waals surface area (Å²) in [5.41, 5.74) is 8.54. The Labute approximate surface area is 189 Å². The zero-order chi connectivity index (χ0) is 23.7. The Morgan fingerprint density at radius 3 is 2.44 bits per heavy atom. The first-order chi connectivity index (χ1) is 15.0. The number of carbonyl (C=O) groups excluding carboxylic acids is 1. The van der Waals surface area contributed by atoms with Crippen LogP contribution in [0.2, 0.25) is 0 Å². The Kier molecular flexibility index (Phi) is 6.64. The third kappa shape index (κ3) is 4.65. The van der Waals surface area contributed by atoms with Gasteiger partial charge in [-0.3, -0.25) is 4.79 Å². The average Bonchev–Trinajstić information content (AvgIpc) is 2.72. The first-order valence-corrected chi connectivity index (χ1v) is 12.1. The summed E-state index contributed by atoms with van der Waals surface area (Å²) in [7, 11) is -4.05. The van der Waals surface area contributed by atoms with Crippen LogP contribution < -0.4 is 10.5 Å². The van der Waals surface area contributed by atoms with E-state index < -0.39 is 15.6 Å². The monoisotopic (exact) mass is 458 g/mol. The number of benzene rings is 2. The van der Waals surface area contributed by atoms with Crippen LogP contribution in [0.4, 0.5) is 0 Å². The second-order valence-corrected chi connectivity index (χ2v) is 9.90. The van der Waals surface area contributed by atoms with Crippen LogP contribution >= 0.6 is 0 Å². The van der Waals surface area contributed by atoms with Gasteiger partial charge in [0, 0.05) is 5.56 Å². The number of hydrogen-bond donors (Lipinski definition) is 1. The Morgan fingerprint density at radius 1 is 1.16 bits per heavy atom. The molecule has 1 aliphatic heterocycles. The van der Waals surface area contributed by atoms with Crippen molar-refractivity contribution in [2.75, 3.05) is 6.61 Å². The maximum Gasteiger partial charge on any atom is 0.309 e. The van der Waals surface area contributed by atoms with E-state index in [1.54, 1.807) is 45.0 Å². The molecule has 2 N–H and O–H groups in total. The number of amidine groups is 1. The number of esters is 1. The molecule has 7 nitrogen and oxygen atoms in total. The SMILES string of the molecule is CCOC(=O)CC1(C)CCc2c(C)c(S(=O)(=O)/N=C(\N)c3ccccc3)c(C)c(C)c2O1. The lowest BCUT2D eigenvalue weighted by Gasteiger charge is -2.37. The summed E-state index contributed by atoms with van der Waals surface area (Å²) in [6.45, 7) is 9.30. The van der Waals surface area contributed by atoms with Gasteiger partial charge in [0.25, 0.3) is 10.0 Å². The van der Waals surface area contributed by atoms with Crippen molar-refractivity contribution in [3.8, 4) is 5.75 Å². The molecular formula is C24H30N2O5S. The van der Waals surface area contributed by atoms with E-state index in [9.17, 15) is 13.2 Å². The van der Waals surface area contributed by atoms with Crippen LogP contribution in [0.1, 0.15) is 54.5 Å². The van der Waals surface area contributed by atoms with Crippen molar-refractivity contribution in [1.82, 2.24) is 0 Å². The second-order valence-electron chi connectivity index (χ2n) is 8.36. The van der Waals surface area contributed by atoms with E-state index in [2.05, 4.69) is 4.40 Å². The highest BCUT2D eigenvalue weighted by molar-refractivity contribution is 7.90. The number of nitrogens with two attached hydrogens (primary N) is 1. The number of nitrogens with zero attached hydrogens (tertiary/aromatic N) is 1. The van der Waals surface area contributed by atoms with Gasteiger partial charge in [-0.05, 0) is 69.7 Å². The van der Waals surface area contributed by atoms with Crippen molar-refractivity contribution in [2.24, 2.45) is 10.1 Å². The van der Waals surface area contributed by atoms with Crippen LogP contribution in [0.5, 0.6) is 5.75 Å². The Bertz CT molecular complexity index is 1170. The van der Waals surface area contributed by atoms with Gasteiger partial charge < -0.3 is 15.2 Å². The highest BCUT2D eigenvalue weighted by Crippen LogP contribution is 2.43. The molecule has 0 saturated heterocycles. The largest absolute Gasteiger partial charge is 0.486 e. The summed E-state index contributed by atoms with van der Waals surface area (Å²) in [4.78, 5) is 12.2. The summed E-state index contributed by atoms with van der Waals surface area (Å²) in [5, 5.41) is 0. The minimum atomic E-state index is -4.05. The lowest BCUT2D eigenvalue weighted by molar-refractivity contribution is -0.147. The molecule has 1 unspecified atom stereocenters. The number of rotatable bonds is 6. The Hall–Kier alpha value is -2.87. The first kappa shape index (κ1) is 23.8. The molecule has 0 saturated carbocycles. The molecule has 0 radical (unpaired) electrons. The molecule has 32 heavy (non-hydrogen) atoms. The summed E-state index contributed by atoms with van der Waals surface area (Å²) in [5.74, 6) is 0.268. The summed E-state index contributed by atoms with van der Waals surface area (Å²) in [6, 6.07) is 8.79. The van der Waals surface area contributed by atoms with Crippen molar-refractivity contribution in [3.05, 3.63) is 58.1 Å². The molecule has 2 aromatic rings.